The first-order chi connectivity index (χ1) is 27.6. The fraction of sp³-hybridized carbons (Fsp3) is 0.0370. The monoisotopic (exact) mass is 714 g/mol. The van der Waals surface area contributed by atoms with Crippen LogP contribution in [0.5, 0.6) is 0 Å². The summed E-state index contributed by atoms with van der Waals surface area (Å²) in [5.41, 5.74) is 19.5. The third kappa shape index (κ3) is 5.33. The maximum absolute atomic E-state index is 5.08. The lowest BCUT2D eigenvalue weighted by molar-refractivity contribution is 0.786. The lowest BCUT2D eigenvalue weighted by Gasteiger charge is -2.32. The minimum Gasteiger partial charge on any atom is -0.228 e. The molecule has 10 rings (SSSR count). The highest BCUT2D eigenvalue weighted by atomic mass is 14.9. The van der Waals surface area contributed by atoms with Crippen molar-refractivity contribution in [3.8, 4) is 56.2 Å². The molecular formula is C54H38N2. The van der Waals surface area contributed by atoms with Gasteiger partial charge in [-0.1, -0.05) is 189 Å². The Morgan fingerprint density at radius 1 is 0.464 bits per heavy atom. The first-order valence-electron chi connectivity index (χ1n) is 19.2. The molecule has 2 nitrogen and oxygen atoms in total. The van der Waals surface area contributed by atoms with E-state index in [-0.39, 0.29) is 0 Å². The number of benzene rings is 7. The number of rotatable bonds is 7. The zero-order valence-electron chi connectivity index (χ0n) is 31.2. The fourth-order valence-electron chi connectivity index (χ4n) is 8.94. The van der Waals surface area contributed by atoms with Crippen molar-refractivity contribution in [1.82, 2.24) is 9.97 Å². The molecule has 7 aromatic carbocycles. The lowest BCUT2D eigenvalue weighted by Crippen LogP contribution is -2.26. The van der Waals surface area contributed by atoms with Crippen LogP contribution in [0, 0.1) is 0 Å². The number of hydrogen-bond donors (Lipinski definition) is 0. The third-order valence-corrected chi connectivity index (χ3v) is 11.6. The van der Waals surface area contributed by atoms with Gasteiger partial charge >= 0.3 is 0 Å². The maximum Gasteiger partial charge on any atom is 0.160 e. The minimum absolute atomic E-state index is 0.400. The molecule has 8 aromatic rings. The molecule has 0 amide bonds. The number of hydrogen-bond acceptors (Lipinski definition) is 2. The normalized spacial score (nSPS) is 13.7. The van der Waals surface area contributed by atoms with Crippen molar-refractivity contribution in [2.24, 2.45) is 0 Å². The van der Waals surface area contributed by atoms with Crippen LogP contribution in [0.1, 0.15) is 34.7 Å². The van der Waals surface area contributed by atoms with Gasteiger partial charge in [0, 0.05) is 16.7 Å². The zero-order chi connectivity index (χ0) is 37.6. The molecule has 1 heterocycles. The van der Waals surface area contributed by atoms with Gasteiger partial charge in [0.2, 0.25) is 0 Å². The van der Waals surface area contributed by atoms with E-state index in [1.807, 2.05) is 42.5 Å². The number of nitrogens with zero attached hydrogens (tertiary/aromatic N) is 2. The van der Waals surface area contributed by atoms with E-state index >= 15 is 0 Å². The molecule has 0 aliphatic heterocycles. The summed E-state index contributed by atoms with van der Waals surface area (Å²) in [6, 6.07) is 66.9. The second-order valence-corrected chi connectivity index (χ2v) is 14.6. The first kappa shape index (κ1) is 33.4. The van der Waals surface area contributed by atoms with Crippen molar-refractivity contribution in [1.29, 1.82) is 0 Å². The number of fused-ring (bicyclic) bond motifs is 7. The van der Waals surface area contributed by atoms with E-state index in [2.05, 4.69) is 171 Å². The topological polar surface area (TPSA) is 25.8 Å². The molecule has 0 bridgehead atoms. The molecule has 1 aromatic heterocycles. The van der Waals surface area contributed by atoms with Crippen LogP contribution in [0.25, 0.3) is 67.3 Å². The Bertz CT molecular complexity index is 2760. The molecule has 0 fully saturated rings. The van der Waals surface area contributed by atoms with Crippen LogP contribution < -0.4 is 0 Å². The number of allylic oxidation sites excluding steroid dienone is 5. The van der Waals surface area contributed by atoms with Gasteiger partial charge in [0.05, 0.1) is 16.8 Å². The minimum atomic E-state index is -0.400. The Hall–Kier alpha value is -7.16. The van der Waals surface area contributed by atoms with Gasteiger partial charge in [-0.05, 0) is 91.9 Å². The molecule has 0 unspecified atom stereocenters. The summed E-state index contributed by atoms with van der Waals surface area (Å²) < 4.78 is 0. The molecule has 0 saturated carbocycles. The van der Waals surface area contributed by atoms with Crippen molar-refractivity contribution in [3.05, 3.63) is 240 Å². The fourth-order valence-corrected chi connectivity index (χ4v) is 8.94. The van der Waals surface area contributed by atoms with Gasteiger partial charge in [0.25, 0.3) is 0 Å². The summed E-state index contributed by atoms with van der Waals surface area (Å²) in [5, 5.41) is 0. The van der Waals surface area contributed by atoms with Gasteiger partial charge < -0.3 is 0 Å². The van der Waals surface area contributed by atoms with Crippen molar-refractivity contribution < 1.29 is 0 Å². The van der Waals surface area contributed by atoms with Crippen LogP contribution in [0.15, 0.2) is 212 Å². The Morgan fingerprint density at radius 2 is 0.946 bits per heavy atom. The molecular weight excluding hydrogens is 677 g/mol. The summed E-state index contributed by atoms with van der Waals surface area (Å²) in [4.78, 5) is 10.2. The molecule has 2 aliphatic rings. The van der Waals surface area contributed by atoms with Crippen molar-refractivity contribution in [3.63, 3.8) is 0 Å². The average Bonchev–Trinajstić information content (AvgIpc) is 3.71. The van der Waals surface area contributed by atoms with Gasteiger partial charge in [-0.2, -0.15) is 0 Å². The highest BCUT2D eigenvalue weighted by Crippen LogP contribution is 2.62. The predicted octanol–water partition coefficient (Wildman–Crippen LogP) is 13.5. The molecule has 264 valence electrons. The van der Waals surface area contributed by atoms with Gasteiger partial charge in [-0.25, -0.2) is 9.97 Å². The summed E-state index contributed by atoms with van der Waals surface area (Å²) in [6.07, 6.45) is 4.39. The van der Waals surface area contributed by atoms with E-state index in [4.69, 9.17) is 9.97 Å². The maximum atomic E-state index is 5.08. The Balaban J connectivity index is 1.04. The average molecular weight is 715 g/mol. The summed E-state index contributed by atoms with van der Waals surface area (Å²) in [6.45, 7) is 6.62. The SMILES string of the molecule is C=C/C(=C\C1=C(C)c2ccccc2C12c1ccccc1-c1ccccc12)c1ccc(-c2cccc(-c3nc(-c4ccccc4)cc(-c4ccccc4)n3)c2)cc1. The number of aromatic nitrogens is 2. The highest BCUT2D eigenvalue weighted by Gasteiger charge is 2.51. The van der Waals surface area contributed by atoms with Gasteiger partial charge in [0.15, 0.2) is 5.82 Å². The quantitative estimate of drug-likeness (QED) is 0.154. The van der Waals surface area contributed by atoms with E-state index in [1.165, 1.54) is 44.5 Å². The van der Waals surface area contributed by atoms with Crippen LogP contribution in [0.3, 0.4) is 0 Å². The van der Waals surface area contributed by atoms with Crippen LogP contribution in [-0.2, 0) is 5.41 Å². The van der Waals surface area contributed by atoms with Crippen LogP contribution >= 0.6 is 0 Å². The highest BCUT2D eigenvalue weighted by molar-refractivity contribution is 5.97. The van der Waals surface area contributed by atoms with E-state index in [1.54, 1.807) is 0 Å². The van der Waals surface area contributed by atoms with Crippen molar-refractivity contribution in [2.45, 2.75) is 12.3 Å². The molecule has 0 atom stereocenters. The molecule has 0 saturated heterocycles. The predicted molar refractivity (Wildman–Crippen MR) is 233 cm³/mol. The van der Waals surface area contributed by atoms with Crippen molar-refractivity contribution in [2.75, 3.05) is 0 Å². The van der Waals surface area contributed by atoms with Crippen LogP contribution in [0.2, 0.25) is 0 Å². The summed E-state index contributed by atoms with van der Waals surface area (Å²) in [7, 11) is 0. The summed E-state index contributed by atoms with van der Waals surface area (Å²) >= 11 is 0. The molecule has 0 radical (unpaired) electrons. The van der Waals surface area contributed by atoms with Gasteiger partial charge in [-0.3, -0.25) is 0 Å². The third-order valence-electron chi connectivity index (χ3n) is 11.6. The Labute approximate surface area is 328 Å². The van der Waals surface area contributed by atoms with Gasteiger partial charge in [0.1, 0.15) is 0 Å². The Morgan fingerprint density at radius 3 is 1.52 bits per heavy atom. The molecule has 2 aliphatic carbocycles. The van der Waals surface area contributed by atoms with E-state index < -0.39 is 5.41 Å². The van der Waals surface area contributed by atoms with Crippen LogP contribution in [0.4, 0.5) is 0 Å². The van der Waals surface area contributed by atoms with E-state index in [0.717, 1.165) is 50.3 Å². The lowest BCUT2D eigenvalue weighted by atomic mass is 9.69. The van der Waals surface area contributed by atoms with E-state index in [9.17, 15) is 0 Å². The van der Waals surface area contributed by atoms with Gasteiger partial charge in [-0.15, -0.1) is 0 Å². The second-order valence-electron chi connectivity index (χ2n) is 14.6. The summed E-state index contributed by atoms with van der Waals surface area (Å²) in [5.74, 6) is 0.700. The van der Waals surface area contributed by atoms with Crippen LogP contribution in [-0.4, -0.2) is 9.97 Å². The molecule has 0 N–H and O–H groups in total. The molecule has 56 heavy (non-hydrogen) atoms. The Kier molecular flexibility index (Phi) is 8.12. The van der Waals surface area contributed by atoms with E-state index in [0.29, 0.717) is 5.82 Å². The molecule has 2 heteroatoms. The van der Waals surface area contributed by atoms with Crippen molar-refractivity contribution >= 4 is 11.1 Å². The zero-order valence-corrected chi connectivity index (χ0v) is 31.2. The second kappa shape index (κ2) is 13.6. The standard InChI is InChI=1S/C54H38N2/c1-3-37(34-50-36(2)44-23-10-13-26-47(44)54(50)48-27-14-11-24-45(48)46-25-12-15-28-49(46)54)38-29-31-39(32-30-38)42-21-16-22-43(33-42)53-55-51(40-17-6-4-7-18-40)35-52(56-53)41-19-8-5-9-20-41/h3-35H,1H2,2H3/b37-34+. The smallest absolute Gasteiger partial charge is 0.160 e. The first-order valence-corrected chi connectivity index (χ1v) is 19.2. The molecule has 1 spiro atoms. The largest absolute Gasteiger partial charge is 0.228 e.